The summed E-state index contributed by atoms with van der Waals surface area (Å²) in [5.74, 6) is 0.602. The lowest BCUT2D eigenvalue weighted by molar-refractivity contribution is 0.107. The molecule has 1 aliphatic rings. The first-order valence-electron chi connectivity index (χ1n) is 7.58. The van der Waals surface area contributed by atoms with Crippen molar-refractivity contribution in [3.05, 3.63) is 65.5 Å². The summed E-state index contributed by atoms with van der Waals surface area (Å²) in [6.07, 6.45) is 3.77. The van der Waals surface area contributed by atoms with Crippen LogP contribution in [0.2, 0.25) is 0 Å². The number of benzene rings is 2. The van der Waals surface area contributed by atoms with Gasteiger partial charge in [0.25, 0.3) is 0 Å². The van der Waals surface area contributed by atoms with E-state index in [-0.39, 0.29) is 11.6 Å². The monoisotopic (exact) mass is 298 g/mol. The molecule has 0 aliphatic carbocycles. The van der Waals surface area contributed by atoms with Crippen molar-refractivity contribution in [2.24, 2.45) is 0 Å². The van der Waals surface area contributed by atoms with Gasteiger partial charge in [0.05, 0.1) is 0 Å². The molecule has 2 aromatic carbocycles. The number of ether oxygens (including phenoxy) is 1. The fourth-order valence-electron chi connectivity index (χ4n) is 2.87. The molecule has 0 saturated heterocycles. The van der Waals surface area contributed by atoms with Gasteiger partial charge in [-0.2, -0.15) is 0 Å². The van der Waals surface area contributed by atoms with Crippen molar-refractivity contribution in [1.82, 2.24) is 0 Å². The summed E-state index contributed by atoms with van der Waals surface area (Å²) in [6, 6.07) is 11.6. The van der Waals surface area contributed by atoms with E-state index in [4.69, 9.17) is 4.74 Å². The Morgan fingerprint density at radius 3 is 2.36 bits per heavy atom. The Hall–Kier alpha value is -2.29. The van der Waals surface area contributed by atoms with Crippen LogP contribution in [0.25, 0.3) is 5.57 Å². The molecule has 114 valence electrons. The normalized spacial score (nSPS) is 15.7. The number of fused-ring (bicyclic) bond motifs is 1. The number of aromatic hydroxyl groups is 1. The van der Waals surface area contributed by atoms with Crippen molar-refractivity contribution >= 4 is 5.57 Å². The topological polar surface area (TPSA) is 29.5 Å². The van der Waals surface area contributed by atoms with Crippen LogP contribution in [0.4, 0.5) is 4.39 Å². The highest BCUT2D eigenvalue weighted by Crippen LogP contribution is 2.43. The van der Waals surface area contributed by atoms with Gasteiger partial charge in [-0.05, 0) is 54.3 Å². The SMILES string of the molecule is CCC1(CC)C=C(c2ccc(F)cc2)c2ccc(O)cc2O1. The first-order chi connectivity index (χ1) is 10.6. The Balaban J connectivity index is 2.19. The highest BCUT2D eigenvalue weighted by atomic mass is 19.1. The molecule has 0 aromatic heterocycles. The number of halogens is 1. The van der Waals surface area contributed by atoms with Gasteiger partial charge in [-0.1, -0.05) is 26.0 Å². The fraction of sp³-hybridized carbons (Fsp3) is 0.263. The predicted molar refractivity (Wildman–Crippen MR) is 85.5 cm³/mol. The van der Waals surface area contributed by atoms with Crippen LogP contribution < -0.4 is 4.74 Å². The summed E-state index contributed by atoms with van der Waals surface area (Å²) in [4.78, 5) is 0. The van der Waals surface area contributed by atoms with Crippen LogP contribution >= 0.6 is 0 Å². The van der Waals surface area contributed by atoms with Crippen molar-refractivity contribution in [1.29, 1.82) is 0 Å². The summed E-state index contributed by atoms with van der Waals surface area (Å²) < 4.78 is 19.4. The van der Waals surface area contributed by atoms with Gasteiger partial charge in [-0.25, -0.2) is 4.39 Å². The third kappa shape index (κ3) is 2.47. The molecule has 3 heteroatoms. The van der Waals surface area contributed by atoms with Gasteiger partial charge in [-0.15, -0.1) is 0 Å². The van der Waals surface area contributed by atoms with E-state index in [1.165, 1.54) is 12.1 Å². The van der Waals surface area contributed by atoms with Gasteiger partial charge in [0.2, 0.25) is 0 Å². The summed E-state index contributed by atoms with van der Waals surface area (Å²) in [5.41, 5.74) is 2.49. The van der Waals surface area contributed by atoms with Gasteiger partial charge < -0.3 is 9.84 Å². The molecule has 22 heavy (non-hydrogen) atoms. The maximum absolute atomic E-state index is 13.2. The molecule has 3 rings (SSSR count). The third-order valence-electron chi connectivity index (χ3n) is 4.33. The Bertz CT molecular complexity index is 713. The molecule has 0 bridgehead atoms. The highest BCUT2D eigenvalue weighted by Gasteiger charge is 2.32. The van der Waals surface area contributed by atoms with E-state index in [0.29, 0.717) is 5.75 Å². The predicted octanol–water partition coefficient (Wildman–Crippen LogP) is 4.91. The van der Waals surface area contributed by atoms with Gasteiger partial charge in [0, 0.05) is 11.6 Å². The molecular weight excluding hydrogens is 279 g/mol. The zero-order valence-corrected chi connectivity index (χ0v) is 12.8. The fourth-order valence-corrected chi connectivity index (χ4v) is 2.87. The zero-order valence-electron chi connectivity index (χ0n) is 12.8. The Kier molecular flexibility index (Phi) is 3.65. The summed E-state index contributed by atoms with van der Waals surface area (Å²) >= 11 is 0. The Morgan fingerprint density at radius 1 is 1.05 bits per heavy atom. The van der Waals surface area contributed by atoms with Gasteiger partial charge in [0.15, 0.2) is 0 Å². The van der Waals surface area contributed by atoms with Crippen LogP contribution in [0.3, 0.4) is 0 Å². The molecule has 0 radical (unpaired) electrons. The Labute approximate surface area is 129 Å². The molecule has 0 atom stereocenters. The largest absolute Gasteiger partial charge is 0.508 e. The van der Waals surface area contributed by atoms with E-state index in [9.17, 15) is 9.50 Å². The molecule has 0 spiro atoms. The number of rotatable bonds is 3. The first-order valence-corrected chi connectivity index (χ1v) is 7.58. The van der Waals surface area contributed by atoms with Crippen molar-refractivity contribution < 1.29 is 14.2 Å². The van der Waals surface area contributed by atoms with E-state index < -0.39 is 5.60 Å². The highest BCUT2D eigenvalue weighted by molar-refractivity contribution is 5.85. The quantitative estimate of drug-likeness (QED) is 0.872. The number of phenolic OH excluding ortho intramolecular Hbond substituents is 1. The van der Waals surface area contributed by atoms with Crippen LogP contribution in [0.5, 0.6) is 11.5 Å². The van der Waals surface area contributed by atoms with Crippen molar-refractivity contribution in [3.63, 3.8) is 0 Å². The number of phenols is 1. The minimum atomic E-state index is -0.398. The summed E-state index contributed by atoms with van der Waals surface area (Å²) in [7, 11) is 0. The van der Waals surface area contributed by atoms with Crippen LogP contribution in [-0.4, -0.2) is 10.7 Å². The Morgan fingerprint density at radius 2 is 1.73 bits per heavy atom. The van der Waals surface area contributed by atoms with E-state index in [2.05, 4.69) is 19.9 Å². The molecule has 2 nitrogen and oxygen atoms in total. The maximum Gasteiger partial charge on any atom is 0.132 e. The van der Waals surface area contributed by atoms with Gasteiger partial charge >= 0.3 is 0 Å². The van der Waals surface area contributed by atoms with Crippen LogP contribution in [0.15, 0.2) is 48.5 Å². The molecule has 1 aliphatic heterocycles. The molecule has 0 fully saturated rings. The lowest BCUT2D eigenvalue weighted by atomic mass is 9.85. The van der Waals surface area contributed by atoms with E-state index in [1.54, 1.807) is 24.3 Å². The lowest BCUT2D eigenvalue weighted by Crippen LogP contribution is -2.35. The van der Waals surface area contributed by atoms with Crippen molar-refractivity contribution in [3.8, 4) is 11.5 Å². The first kappa shape index (κ1) is 14.6. The van der Waals surface area contributed by atoms with Gasteiger partial charge in [0.1, 0.15) is 22.9 Å². The second-order valence-electron chi connectivity index (χ2n) is 5.62. The van der Waals surface area contributed by atoms with Crippen LogP contribution in [0.1, 0.15) is 37.8 Å². The minimum Gasteiger partial charge on any atom is -0.508 e. The zero-order chi connectivity index (χ0) is 15.7. The second kappa shape index (κ2) is 5.48. The molecule has 0 saturated carbocycles. The summed E-state index contributed by atoms with van der Waals surface area (Å²) in [5, 5.41) is 9.75. The second-order valence-corrected chi connectivity index (χ2v) is 5.62. The average molecular weight is 298 g/mol. The minimum absolute atomic E-state index is 0.181. The van der Waals surface area contributed by atoms with Crippen molar-refractivity contribution in [2.75, 3.05) is 0 Å². The molecule has 0 amide bonds. The number of hydrogen-bond acceptors (Lipinski definition) is 2. The molecule has 0 unspecified atom stereocenters. The lowest BCUT2D eigenvalue weighted by Gasteiger charge is -2.36. The molecular formula is C19H19FO2. The van der Waals surface area contributed by atoms with E-state index >= 15 is 0 Å². The standard InChI is InChI=1S/C19H19FO2/c1-3-19(4-2)12-17(13-5-7-14(20)8-6-13)16-10-9-15(21)11-18(16)22-19/h5-12,21H,3-4H2,1-2H3. The number of hydrogen-bond donors (Lipinski definition) is 1. The van der Waals surface area contributed by atoms with Crippen LogP contribution in [-0.2, 0) is 0 Å². The summed E-state index contributed by atoms with van der Waals surface area (Å²) in [6.45, 7) is 4.16. The van der Waals surface area contributed by atoms with E-state index in [0.717, 1.165) is 29.5 Å². The van der Waals surface area contributed by atoms with Gasteiger partial charge in [-0.3, -0.25) is 0 Å². The molecule has 1 N–H and O–H groups in total. The van der Waals surface area contributed by atoms with Crippen molar-refractivity contribution in [2.45, 2.75) is 32.3 Å². The molecule has 2 aromatic rings. The van der Waals surface area contributed by atoms with Crippen LogP contribution in [0, 0.1) is 5.82 Å². The average Bonchev–Trinajstić information content (AvgIpc) is 2.54. The maximum atomic E-state index is 13.2. The molecule has 1 heterocycles. The smallest absolute Gasteiger partial charge is 0.132 e. The van der Waals surface area contributed by atoms with E-state index in [1.807, 2.05) is 6.07 Å². The third-order valence-corrected chi connectivity index (χ3v) is 4.33.